The predicted octanol–water partition coefficient (Wildman–Crippen LogP) is 0.728. The molecule has 1 N–H and O–H groups in total. The first-order chi connectivity index (χ1) is 8.15. The van der Waals surface area contributed by atoms with E-state index in [0.29, 0.717) is 12.0 Å². The summed E-state index contributed by atoms with van der Waals surface area (Å²) in [5, 5.41) is 7.76. The SMILES string of the molecule is CC(C)Cn1ncnc1CN1CCN[C@H](C)C1. The molecule has 0 radical (unpaired) electrons. The molecule has 0 amide bonds. The molecule has 0 bridgehead atoms. The van der Waals surface area contributed by atoms with Crippen LogP contribution in [-0.2, 0) is 13.1 Å². The minimum Gasteiger partial charge on any atom is -0.312 e. The highest BCUT2D eigenvalue weighted by Crippen LogP contribution is 2.07. The Bertz CT molecular complexity index is 346. The Kier molecular flexibility index (Phi) is 4.12. The third-order valence-electron chi connectivity index (χ3n) is 3.05. The average molecular weight is 237 g/mol. The monoisotopic (exact) mass is 237 g/mol. The zero-order chi connectivity index (χ0) is 12.3. The van der Waals surface area contributed by atoms with Gasteiger partial charge in [0.2, 0.25) is 0 Å². The van der Waals surface area contributed by atoms with Gasteiger partial charge < -0.3 is 5.32 Å². The summed E-state index contributed by atoms with van der Waals surface area (Å²) in [4.78, 5) is 6.82. The van der Waals surface area contributed by atoms with Crippen molar-refractivity contribution in [3.8, 4) is 0 Å². The molecule has 1 aliphatic rings. The van der Waals surface area contributed by atoms with Gasteiger partial charge in [-0.3, -0.25) is 4.90 Å². The van der Waals surface area contributed by atoms with E-state index in [1.807, 2.05) is 4.68 Å². The Labute approximate surface area is 103 Å². The maximum atomic E-state index is 4.38. The third kappa shape index (κ3) is 3.51. The number of nitrogens with one attached hydrogen (secondary N) is 1. The normalized spacial score (nSPS) is 22.2. The van der Waals surface area contributed by atoms with Gasteiger partial charge in [-0.2, -0.15) is 5.10 Å². The summed E-state index contributed by atoms with van der Waals surface area (Å²) in [7, 11) is 0. The highest BCUT2D eigenvalue weighted by Gasteiger charge is 2.17. The van der Waals surface area contributed by atoms with Gasteiger partial charge in [-0.15, -0.1) is 0 Å². The second-order valence-electron chi connectivity index (χ2n) is 5.34. The quantitative estimate of drug-likeness (QED) is 0.838. The molecule has 96 valence electrons. The second kappa shape index (κ2) is 5.60. The largest absolute Gasteiger partial charge is 0.312 e. The molecule has 2 heterocycles. The number of rotatable bonds is 4. The third-order valence-corrected chi connectivity index (χ3v) is 3.05. The molecule has 0 aromatic carbocycles. The number of aromatic nitrogens is 3. The van der Waals surface area contributed by atoms with Crippen LogP contribution < -0.4 is 5.32 Å². The molecule has 0 aliphatic carbocycles. The summed E-state index contributed by atoms with van der Waals surface area (Å²) in [6, 6.07) is 0.574. The van der Waals surface area contributed by atoms with Crippen LogP contribution in [0.5, 0.6) is 0 Å². The van der Waals surface area contributed by atoms with E-state index in [2.05, 4.69) is 41.1 Å². The Morgan fingerprint density at radius 2 is 2.35 bits per heavy atom. The fourth-order valence-corrected chi connectivity index (χ4v) is 2.26. The minimum absolute atomic E-state index is 0.574. The van der Waals surface area contributed by atoms with Crippen molar-refractivity contribution in [3.05, 3.63) is 12.2 Å². The van der Waals surface area contributed by atoms with Crippen molar-refractivity contribution < 1.29 is 0 Å². The molecule has 5 heteroatoms. The van der Waals surface area contributed by atoms with Crippen molar-refractivity contribution >= 4 is 0 Å². The van der Waals surface area contributed by atoms with Crippen molar-refractivity contribution in [1.29, 1.82) is 0 Å². The van der Waals surface area contributed by atoms with E-state index < -0.39 is 0 Å². The maximum absolute atomic E-state index is 4.38. The van der Waals surface area contributed by atoms with E-state index >= 15 is 0 Å². The molecule has 1 aromatic rings. The van der Waals surface area contributed by atoms with Crippen LogP contribution in [-0.4, -0.2) is 45.3 Å². The highest BCUT2D eigenvalue weighted by atomic mass is 15.4. The lowest BCUT2D eigenvalue weighted by Gasteiger charge is -2.31. The minimum atomic E-state index is 0.574. The van der Waals surface area contributed by atoms with Crippen molar-refractivity contribution in [2.75, 3.05) is 19.6 Å². The molecule has 0 unspecified atom stereocenters. The summed E-state index contributed by atoms with van der Waals surface area (Å²) in [6.45, 7) is 11.8. The molecule has 1 saturated heterocycles. The van der Waals surface area contributed by atoms with Crippen LogP contribution >= 0.6 is 0 Å². The molecule has 5 nitrogen and oxygen atoms in total. The maximum Gasteiger partial charge on any atom is 0.141 e. The summed E-state index contributed by atoms with van der Waals surface area (Å²) < 4.78 is 2.04. The lowest BCUT2D eigenvalue weighted by atomic mass is 10.2. The standard InChI is InChI=1S/C12H23N5/c1-10(2)6-17-12(14-9-15-17)8-16-5-4-13-11(3)7-16/h9-11,13H,4-8H2,1-3H3/t11-/m1/s1. The van der Waals surface area contributed by atoms with Gasteiger partial charge in [0.15, 0.2) is 0 Å². The number of piperazine rings is 1. The molecule has 1 fully saturated rings. The number of nitrogens with zero attached hydrogens (tertiary/aromatic N) is 4. The fraction of sp³-hybridized carbons (Fsp3) is 0.833. The lowest BCUT2D eigenvalue weighted by Crippen LogP contribution is -2.48. The highest BCUT2D eigenvalue weighted by molar-refractivity contribution is 4.87. The molecule has 1 aromatic heterocycles. The molecule has 2 rings (SSSR count). The molecular weight excluding hydrogens is 214 g/mol. The van der Waals surface area contributed by atoms with Crippen LogP contribution in [0.2, 0.25) is 0 Å². The van der Waals surface area contributed by atoms with Crippen molar-refractivity contribution in [1.82, 2.24) is 25.0 Å². The predicted molar refractivity (Wildman–Crippen MR) is 67.6 cm³/mol. The van der Waals surface area contributed by atoms with E-state index in [9.17, 15) is 0 Å². The van der Waals surface area contributed by atoms with Crippen LogP contribution in [0, 0.1) is 5.92 Å². The van der Waals surface area contributed by atoms with Gasteiger partial charge in [0.1, 0.15) is 12.2 Å². The van der Waals surface area contributed by atoms with E-state index in [1.54, 1.807) is 6.33 Å². The topological polar surface area (TPSA) is 46.0 Å². The van der Waals surface area contributed by atoms with Gasteiger partial charge in [-0.1, -0.05) is 13.8 Å². The van der Waals surface area contributed by atoms with Gasteiger partial charge in [-0.25, -0.2) is 9.67 Å². The van der Waals surface area contributed by atoms with Crippen molar-refractivity contribution in [2.45, 2.75) is 39.9 Å². The summed E-state index contributed by atoms with van der Waals surface area (Å²) >= 11 is 0. The Hall–Kier alpha value is -0.940. The van der Waals surface area contributed by atoms with Gasteiger partial charge in [0, 0.05) is 32.2 Å². The number of hydrogen-bond acceptors (Lipinski definition) is 4. The first kappa shape index (κ1) is 12.5. The summed E-state index contributed by atoms with van der Waals surface area (Å²) in [5.41, 5.74) is 0. The van der Waals surface area contributed by atoms with Crippen LogP contribution in [0.25, 0.3) is 0 Å². The van der Waals surface area contributed by atoms with E-state index in [0.717, 1.165) is 38.5 Å². The summed E-state index contributed by atoms with van der Waals surface area (Å²) in [5.74, 6) is 1.70. The lowest BCUT2D eigenvalue weighted by molar-refractivity contribution is 0.191. The van der Waals surface area contributed by atoms with Gasteiger partial charge >= 0.3 is 0 Å². The van der Waals surface area contributed by atoms with Gasteiger partial charge in [0.25, 0.3) is 0 Å². The number of hydrogen-bond donors (Lipinski definition) is 1. The smallest absolute Gasteiger partial charge is 0.141 e. The van der Waals surface area contributed by atoms with Crippen LogP contribution in [0.1, 0.15) is 26.6 Å². The zero-order valence-corrected chi connectivity index (χ0v) is 11.1. The molecule has 1 aliphatic heterocycles. The Morgan fingerprint density at radius 3 is 3.06 bits per heavy atom. The first-order valence-corrected chi connectivity index (χ1v) is 6.47. The molecule has 1 atom stereocenters. The van der Waals surface area contributed by atoms with Crippen LogP contribution in [0.15, 0.2) is 6.33 Å². The Morgan fingerprint density at radius 1 is 1.53 bits per heavy atom. The fourth-order valence-electron chi connectivity index (χ4n) is 2.26. The van der Waals surface area contributed by atoms with Crippen molar-refractivity contribution in [3.63, 3.8) is 0 Å². The molecule has 0 spiro atoms. The first-order valence-electron chi connectivity index (χ1n) is 6.47. The van der Waals surface area contributed by atoms with Crippen molar-refractivity contribution in [2.24, 2.45) is 5.92 Å². The average Bonchev–Trinajstić information content (AvgIpc) is 2.65. The summed E-state index contributed by atoms with van der Waals surface area (Å²) in [6.07, 6.45) is 1.67. The Balaban J connectivity index is 1.95. The van der Waals surface area contributed by atoms with E-state index in [1.165, 1.54) is 0 Å². The van der Waals surface area contributed by atoms with Gasteiger partial charge in [0.05, 0.1) is 6.54 Å². The van der Waals surface area contributed by atoms with E-state index in [4.69, 9.17) is 0 Å². The van der Waals surface area contributed by atoms with Crippen LogP contribution in [0.3, 0.4) is 0 Å². The van der Waals surface area contributed by atoms with Crippen LogP contribution in [0.4, 0.5) is 0 Å². The molecule has 17 heavy (non-hydrogen) atoms. The zero-order valence-electron chi connectivity index (χ0n) is 11.1. The molecular formula is C12H23N5. The van der Waals surface area contributed by atoms with Gasteiger partial charge in [-0.05, 0) is 12.8 Å². The second-order valence-corrected chi connectivity index (χ2v) is 5.34. The molecule has 0 saturated carbocycles. The van der Waals surface area contributed by atoms with E-state index in [-0.39, 0.29) is 0 Å².